The van der Waals surface area contributed by atoms with Gasteiger partial charge < -0.3 is 4.90 Å². The SMILES string of the molecule is CC1CCN(c2ncnc(NNC(C)(C)C)c2[N+](=O)[O-])CC1. The fourth-order valence-corrected chi connectivity index (χ4v) is 2.33. The molecule has 1 saturated heterocycles. The third-order valence-corrected chi connectivity index (χ3v) is 3.62. The Morgan fingerprint density at radius 3 is 2.50 bits per heavy atom. The third-order valence-electron chi connectivity index (χ3n) is 3.62. The molecule has 1 fully saturated rings. The Morgan fingerprint density at radius 1 is 1.32 bits per heavy atom. The first-order chi connectivity index (χ1) is 10.3. The number of nitrogens with zero attached hydrogens (tertiary/aromatic N) is 4. The monoisotopic (exact) mass is 308 g/mol. The van der Waals surface area contributed by atoms with Crippen LogP contribution in [0.2, 0.25) is 0 Å². The molecular weight excluding hydrogens is 284 g/mol. The number of nitrogens with one attached hydrogen (secondary N) is 2. The van der Waals surface area contributed by atoms with E-state index in [0.717, 1.165) is 25.9 Å². The van der Waals surface area contributed by atoms with Crippen LogP contribution in [-0.4, -0.2) is 33.5 Å². The summed E-state index contributed by atoms with van der Waals surface area (Å²) >= 11 is 0. The maximum absolute atomic E-state index is 11.5. The Bertz CT molecular complexity index is 535. The van der Waals surface area contributed by atoms with Crippen molar-refractivity contribution < 1.29 is 4.92 Å². The molecule has 1 aliphatic rings. The number of nitro groups is 1. The number of piperidine rings is 1. The van der Waals surface area contributed by atoms with Gasteiger partial charge in [-0.15, -0.1) is 0 Å². The van der Waals surface area contributed by atoms with Gasteiger partial charge in [-0.05, 0) is 39.5 Å². The number of hydrazine groups is 1. The average molecular weight is 308 g/mol. The van der Waals surface area contributed by atoms with Crippen molar-refractivity contribution in [1.82, 2.24) is 15.4 Å². The van der Waals surface area contributed by atoms with Gasteiger partial charge in [0.2, 0.25) is 11.6 Å². The van der Waals surface area contributed by atoms with Crippen LogP contribution in [0.25, 0.3) is 0 Å². The van der Waals surface area contributed by atoms with Crippen molar-refractivity contribution in [3.8, 4) is 0 Å². The summed E-state index contributed by atoms with van der Waals surface area (Å²) in [6.45, 7) is 9.64. The lowest BCUT2D eigenvalue weighted by Gasteiger charge is -2.31. The first-order valence-electron chi connectivity index (χ1n) is 7.55. The molecule has 0 aromatic carbocycles. The molecule has 0 radical (unpaired) electrons. The fraction of sp³-hybridized carbons (Fsp3) is 0.714. The van der Waals surface area contributed by atoms with Crippen molar-refractivity contribution >= 4 is 17.3 Å². The second-order valence-corrected chi connectivity index (χ2v) is 6.82. The van der Waals surface area contributed by atoms with Crippen LogP contribution in [0, 0.1) is 16.0 Å². The van der Waals surface area contributed by atoms with Crippen molar-refractivity contribution in [3.05, 3.63) is 16.4 Å². The molecule has 2 rings (SSSR count). The van der Waals surface area contributed by atoms with Crippen LogP contribution in [-0.2, 0) is 0 Å². The predicted molar refractivity (Wildman–Crippen MR) is 85.8 cm³/mol. The Balaban J connectivity index is 2.28. The van der Waals surface area contributed by atoms with Crippen molar-refractivity contribution in [2.24, 2.45) is 5.92 Å². The summed E-state index contributed by atoms with van der Waals surface area (Å²) in [5.74, 6) is 1.24. The standard InChI is InChI=1S/C14H24N6O2/c1-10-5-7-19(8-6-10)13-11(20(21)22)12(15-9-16-13)17-18-14(2,3)4/h9-10,18H,5-8H2,1-4H3,(H,15,16,17). The molecule has 0 saturated carbocycles. The minimum Gasteiger partial charge on any atom is -0.351 e. The largest absolute Gasteiger partial charge is 0.354 e. The zero-order chi connectivity index (χ0) is 16.3. The summed E-state index contributed by atoms with van der Waals surface area (Å²) in [5, 5.41) is 11.5. The minimum atomic E-state index is -0.417. The molecule has 1 aromatic heterocycles. The normalized spacial score (nSPS) is 16.6. The highest BCUT2D eigenvalue weighted by molar-refractivity contribution is 5.70. The van der Waals surface area contributed by atoms with Gasteiger partial charge in [0.25, 0.3) is 0 Å². The predicted octanol–water partition coefficient (Wildman–Crippen LogP) is 2.34. The molecule has 8 nitrogen and oxygen atoms in total. The van der Waals surface area contributed by atoms with Gasteiger partial charge in [0.15, 0.2) is 0 Å². The molecule has 2 heterocycles. The molecule has 0 aliphatic carbocycles. The second kappa shape index (κ2) is 6.43. The van der Waals surface area contributed by atoms with Gasteiger partial charge in [0.05, 0.1) is 4.92 Å². The zero-order valence-corrected chi connectivity index (χ0v) is 13.6. The molecule has 1 aliphatic heterocycles. The quantitative estimate of drug-likeness (QED) is 0.651. The molecule has 0 unspecified atom stereocenters. The Hall–Kier alpha value is -1.96. The number of hydrogen-bond donors (Lipinski definition) is 2. The molecule has 0 amide bonds. The van der Waals surface area contributed by atoms with E-state index in [9.17, 15) is 10.1 Å². The molecular formula is C14H24N6O2. The zero-order valence-electron chi connectivity index (χ0n) is 13.6. The average Bonchev–Trinajstić information content (AvgIpc) is 2.44. The lowest BCUT2D eigenvalue weighted by atomic mass is 9.99. The number of hydrogen-bond acceptors (Lipinski definition) is 7. The van der Waals surface area contributed by atoms with Gasteiger partial charge in [-0.3, -0.25) is 15.5 Å². The van der Waals surface area contributed by atoms with Crippen LogP contribution < -0.4 is 15.8 Å². The van der Waals surface area contributed by atoms with Crippen molar-refractivity contribution in [2.75, 3.05) is 23.4 Å². The number of aromatic nitrogens is 2. The molecule has 8 heteroatoms. The van der Waals surface area contributed by atoms with Gasteiger partial charge in [-0.25, -0.2) is 15.4 Å². The second-order valence-electron chi connectivity index (χ2n) is 6.82. The van der Waals surface area contributed by atoms with Gasteiger partial charge in [0.1, 0.15) is 6.33 Å². The highest BCUT2D eigenvalue weighted by atomic mass is 16.6. The summed E-state index contributed by atoms with van der Waals surface area (Å²) < 4.78 is 0. The van der Waals surface area contributed by atoms with Crippen LogP contribution in [0.3, 0.4) is 0 Å². The van der Waals surface area contributed by atoms with Gasteiger partial charge >= 0.3 is 5.69 Å². The topological polar surface area (TPSA) is 96.2 Å². The summed E-state index contributed by atoms with van der Waals surface area (Å²) in [7, 11) is 0. The first kappa shape index (κ1) is 16.4. The highest BCUT2D eigenvalue weighted by Crippen LogP contribution is 2.33. The van der Waals surface area contributed by atoms with Crippen LogP contribution in [0.4, 0.5) is 17.3 Å². The van der Waals surface area contributed by atoms with Crippen molar-refractivity contribution in [1.29, 1.82) is 0 Å². The molecule has 0 atom stereocenters. The van der Waals surface area contributed by atoms with Crippen molar-refractivity contribution in [2.45, 2.75) is 46.1 Å². The van der Waals surface area contributed by atoms with Crippen molar-refractivity contribution in [3.63, 3.8) is 0 Å². The fourth-order valence-electron chi connectivity index (χ4n) is 2.33. The van der Waals surface area contributed by atoms with Gasteiger partial charge in [0, 0.05) is 18.6 Å². The lowest BCUT2D eigenvalue weighted by molar-refractivity contribution is -0.383. The molecule has 2 N–H and O–H groups in total. The van der Waals surface area contributed by atoms with E-state index >= 15 is 0 Å². The van der Waals surface area contributed by atoms with E-state index < -0.39 is 4.92 Å². The smallest absolute Gasteiger partial charge is 0.351 e. The molecule has 122 valence electrons. The molecule has 0 bridgehead atoms. The van der Waals surface area contributed by atoms with E-state index in [1.165, 1.54) is 6.33 Å². The molecule has 0 spiro atoms. The number of rotatable bonds is 4. The van der Waals surface area contributed by atoms with Crippen LogP contribution in [0.5, 0.6) is 0 Å². The van der Waals surface area contributed by atoms with E-state index in [-0.39, 0.29) is 17.0 Å². The van der Waals surface area contributed by atoms with E-state index in [4.69, 9.17) is 0 Å². The Labute approximate surface area is 130 Å². The maximum Gasteiger partial charge on any atom is 0.354 e. The third kappa shape index (κ3) is 4.03. The van der Waals surface area contributed by atoms with E-state index in [0.29, 0.717) is 11.7 Å². The summed E-state index contributed by atoms with van der Waals surface area (Å²) in [4.78, 5) is 21.2. The lowest BCUT2D eigenvalue weighted by Crippen LogP contribution is -2.40. The number of anilines is 2. The van der Waals surface area contributed by atoms with E-state index in [1.807, 2.05) is 25.7 Å². The summed E-state index contributed by atoms with van der Waals surface area (Å²) in [5.41, 5.74) is 5.55. The van der Waals surface area contributed by atoms with Gasteiger partial charge in [-0.2, -0.15) is 0 Å². The van der Waals surface area contributed by atoms with E-state index in [2.05, 4.69) is 27.7 Å². The van der Waals surface area contributed by atoms with Crippen LogP contribution >= 0.6 is 0 Å². The Kier molecular flexibility index (Phi) is 4.80. The summed E-state index contributed by atoms with van der Waals surface area (Å²) in [6, 6.07) is 0. The molecule has 1 aromatic rings. The Morgan fingerprint density at radius 2 is 1.95 bits per heavy atom. The van der Waals surface area contributed by atoms with Gasteiger partial charge in [-0.1, -0.05) is 6.92 Å². The summed E-state index contributed by atoms with van der Waals surface area (Å²) in [6.07, 6.45) is 3.40. The van der Waals surface area contributed by atoms with E-state index in [1.54, 1.807) is 0 Å². The minimum absolute atomic E-state index is 0.0752. The van der Waals surface area contributed by atoms with Crippen LogP contribution in [0.15, 0.2) is 6.33 Å². The maximum atomic E-state index is 11.5. The highest BCUT2D eigenvalue weighted by Gasteiger charge is 2.29. The van der Waals surface area contributed by atoms with Crippen LogP contribution in [0.1, 0.15) is 40.5 Å². The first-order valence-corrected chi connectivity index (χ1v) is 7.55. The molecule has 22 heavy (non-hydrogen) atoms.